The van der Waals surface area contributed by atoms with Crippen LogP contribution in [0.2, 0.25) is 5.02 Å². The first kappa shape index (κ1) is 14.0. The van der Waals surface area contributed by atoms with Gasteiger partial charge in [-0.25, -0.2) is 4.79 Å². The second-order valence-corrected chi connectivity index (χ2v) is 5.43. The molecule has 0 aliphatic heterocycles. The van der Waals surface area contributed by atoms with E-state index in [0.717, 1.165) is 0 Å². The normalized spacial score (nSPS) is 11.1. The number of rotatable bonds is 1. The van der Waals surface area contributed by atoms with Gasteiger partial charge in [-0.2, -0.15) is 0 Å². The zero-order valence-corrected chi connectivity index (χ0v) is 11.8. The van der Waals surface area contributed by atoms with Crippen molar-refractivity contribution in [2.75, 3.05) is 5.32 Å². The van der Waals surface area contributed by atoms with Crippen LogP contribution in [0.5, 0.6) is 0 Å². The van der Waals surface area contributed by atoms with E-state index in [-0.39, 0.29) is 0 Å². The third-order valence-electron chi connectivity index (χ3n) is 1.78. The summed E-state index contributed by atoms with van der Waals surface area (Å²) in [5, 5.41) is 3.05. The summed E-state index contributed by atoms with van der Waals surface area (Å²) < 4.78 is 5.60. The Morgan fingerprint density at radius 2 is 2.12 bits per heavy atom. The molecule has 0 spiro atoms. The molecule has 1 amide bonds. The van der Waals surface area contributed by atoms with Gasteiger partial charge in [0, 0.05) is 5.69 Å². The van der Waals surface area contributed by atoms with Crippen LogP contribution in [0.4, 0.5) is 10.6 Å². The number of hydrogen-bond acceptors (Lipinski definition) is 3. The molecule has 0 saturated carbocycles. The number of amides is 1. The van der Waals surface area contributed by atoms with E-state index in [9.17, 15) is 4.79 Å². The summed E-state index contributed by atoms with van der Waals surface area (Å²) in [6.45, 7) is 7.16. The van der Waals surface area contributed by atoms with Crippen molar-refractivity contribution in [1.29, 1.82) is 0 Å². The number of carbonyl (C=O) groups excluding carboxylic acids is 1. The van der Waals surface area contributed by atoms with Crippen LogP contribution in [0, 0.1) is 11.4 Å². The minimum Gasteiger partial charge on any atom is -0.444 e. The van der Waals surface area contributed by atoms with Crippen LogP contribution in [0.15, 0.2) is 6.07 Å². The Morgan fingerprint density at radius 1 is 1.53 bits per heavy atom. The number of nitrogens with one attached hydrogen (secondary N) is 2. The smallest absolute Gasteiger partial charge is 0.413 e. The van der Waals surface area contributed by atoms with Crippen molar-refractivity contribution in [3.63, 3.8) is 0 Å². The van der Waals surface area contributed by atoms with Crippen LogP contribution in [-0.4, -0.2) is 16.7 Å². The highest BCUT2D eigenvalue weighted by Gasteiger charge is 2.16. The third kappa shape index (κ3) is 4.36. The number of aryl methyl sites for hydroxylation is 1. The van der Waals surface area contributed by atoms with E-state index in [0.29, 0.717) is 21.0 Å². The van der Waals surface area contributed by atoms with E-state index in [4.69, 9.17) is 28.6 Å². The quantitative estimate of drug-likeness (QED) is 0.760. The molecule has 6 heteroatoms. The van der Waals surface area contributed by atoms with Gasteiger partial charge in [0.2, 0.25) is 0 Å². The molecular formula is C11H15ClN2O2S. The highest BCUT2D eigenvalue weighted by molar-refractivity contribution is 7.71. The largest absolute Gasteiger partial charge is 0.444 e. The van der Waals surface area contributed by atoms with Crippen molar-refractivity contribution < 1.29 is 9.53 Å². The Hall–Kier alpha value is -1.07. The summed E-state index contributed by atoms with van der Waals surface area (Å²) in [7, 11) is 0. The van der Waals surface area contributed by atoms with Gasteiger partial charge >= 0.3 is 6.09 Å². The van der Waals surface area contributed by atoms with Crippen LogP contribution < -0.4 is 5.32 Å². The maximum absolute atomic E-state index is 11.5. The molecule has 0 fully saturated rings. The lowest BCUT2D eigenvalue weighted by Crippen LogP contribution is -2.27. The van der Waals surface area contributed by atoms with Crippen molar-refractivity contribution >= 4 is 35.7 Å². The number of aromatic nitrogens is 1. The first-order valence-electron chi connectivity index (χ1n) is 5.08. The van der Waals surface area contributed by atoms with Crippen molar-refractivity contribution in [1.82, 2.24) is 4.98 Å². The lowest BCUT2D eigenvalue weighted by atomic mass is 10.2. The highest BCUT2D eigenvalue weighted by atomic mass is 35.5. The van der Waals surface area contributed by atoms with Crippen molar-refractivity contribution in [3.05, 3.63) is 21.3 Å². The summed E-state index contributed by atoms with van der Waals surface area (Å²) in [6, 6.07) is 1.58. The average molecular weight is 275 g/mol. The van der Waals surface area contributed by atoms with Gasteiger partial charge in [-0.3, -0.25) is 5.32 Å². The summed E-state index contributed by atoms with van der Waals surface area (Å²) in [6.07, 6.45) is -0.537. The molecule has 1 aromatic heterocycles. The third-order valence-corrected chi connectivity index (χ3v) is 2.70. The molecule has 1 aromatic rings. The van der Waals surface area contributed by atoms with Crippen molar-refractivity contribution in [3.8, 4) is 0 Å². The predicted octanol–water partition coefficient (Wildman–Crippen LogP) is 4.05. The monoisotopic (exact) mass is 274 g/mol. The van der Waals surface area contributed by atoms with Gasteiger partial charge in [0.05, 0.1) is 9.53 Å². The molecule has 0 aliphatic carbocycles. The lowest BCUT2D eigenvalue weighted by molar-refractivity contribution is 0.0635. The SMILES string of the molecule is Cc1[nH]c(NC(=O)OC(C)(C)C)cc(=S)c1Cl. The fourth-order valence-corrected chi connectivity index (χ4v) is 1.53. The first-order chi connectivity index (χ1) is 7.69. The molecule has 4 nitrogen and oxygen atoms in total. The van der Waals surface area contributed by atoms with Gasteiger partial charge in [-0.1, -0.05) is 23.8 Å². The molecule has 17 heavy (non-hydrogen) atoms. The van der Waals surface area contributed by atoms with Crippen molar-refractivity contribution in [2.45, 2.75) is 33.3 Å². The molecule has 0 aliphatic rings. The number of ether oxygens (including phenoxy) is 1. The molecule has 0 atom stereocenters. The highest BCUT2D eigenvalue weighted by Crippen LogP contribution is 2.18. The van der Waals surface area contributed by atoms with Crippen LogP contribution in [0.25, 0.3) is 0 Å². The zero-order valence-electron chi connectivity index (χ0n) is 10.2. The lowest BCUT2D eigenvalue weighted by Gasteiger charge is -2.19. The molecule has 94 valence electrons. The molecule has 1 rings (SSSR count). The Morgan fingerprint density at radius 3 is 2.59 bits per heavy atom. The predicted molar refractivity (Wildman–Crippen MR) is 71.2 cm³/mol. The number of pyridine rings is 1. The molecule has 0 radical (unpaired) electrons. The van der Waals surface area contributed by atoms with E-state index < -0.39 is 11.7 Å². The van der Waals surface area contributed by atoms with Crippen LogP contribution in [0.1, 0.15) is 26.5 Å². The van der Waals surface area contributed by atoms with E-state index >= 15 is 0 Å². The molecule has 0 unspecified atom stereocenters. The maximum Gasteiger partial charge on any atom is 0.413 e. The number of halogens is 1. The number of aromatic amines is 1. The number of H-pyrrole nitrogens is 1. The Kier molecular flexibility index (Phi) is 4.16. The minimum absolute atomic E-state index is 0.464. The number of anilines is 1. The van der Waals surface area contributed by atoms with E-state index in [1.807, 2.05) is 0 Å². The number of carbonyl (C=O) groups is 1. The van der Waals surface area contributed by atoms with Gasteiger partial charge in [0.15, 0.2) is 0 Å². The van der Waals surface area contributed by atoms with Crippen molar-refractivity contribution in [2.24, 2.45) is 0 Å². The average Bonchev–Trinajstić information content (AvgIpc) is 2.10. The molecular weight excluding hydrogens is 260 g/mol. The fraction of sp³-hybridized carbons (Fsp3) is 0.455. The summed E-state index contributed by atoms with van der Waals surface area (Å²) in [4.78, 5) is 14.4. The fourth-order valence-electron chi connectivity index (χ4n) is 1.15. The Bertz CT molecular complexity index is 491. The van der Waals surface area contributed by atoms with E-state index in [1.165, 1.54) is 0 Å². The maximum atomic E-state index is 11.5. The second kappa shape index (κ2) is 5.06. The second-order valence-electron chi connectivity index (χ2n) is 4.61. The molecule has 0 saturated heterocycles. The molecule has 0 aromatic carbocycles. The Labute approximate surface area is 110 Å². The summed E-state index contributed by atoms with van der Waals surface area (Å²) in [5.74, 6) is 0.464. The zero-order chi connectivity index (χ0) is 13.2. The van der Waals surface area contributed by atoms with Crippen LogP contribution in [0.3, 0.4) is 0 Å². The molecule has 1 heterocycles. The van der Waals surface area contributed by atoms with Crippen LogP contribution in [-0.2, 0) is 4.74 Å². The standard InChI is InChI=1S/C11H15ClN2O2S/c1-6-9(12)7(17)5-8(13-6)14-10(15)16-11(2,3)4/h5H,1-4H3,(H2,13,14,15,17). The van der Waals surface area contributed by atoms with Gasteiger partial charge in [-0.15, -0.1) is 0 Å². The van der Waals surface area contributed by atoms with Gasteiger partial charge in [0.1, 0.15) is 11.4 Å². The van der Waals surface area contributed by atoms with E-state index in [2.05, 4.69) is 10.3 Å². The minimum atomic E-state index is -0.539. The topological polar surface area (TPSA) is 54.1 Å². The van der Waals surface area contributed by atoms with E-state index in [1.54, 1.807) is 33.8 Å². The Balaban J connectivity index is 2.83. The van der Waals surface area contributed by atoms with Gasteiger partial charge in [-0.05, 0) is 33.8 Å². The summed E-state index contributed by atoms with van der Waals surface area (Å²) >= 11 is 11.0. The van der Waals surface area contributed by atoms with Crippen LogP contribution >= 0.6 is 23.8 Å². The van der Waals surface area contributed by atoms with Gasteiger partial charge < -0.3 is 9.72 Å². The first-order valence-corrected chi connectivity index (χ1v) is 5.87. The number of hydrogen-bond donors (Lipinski definition) is 2. The molecule has 2 N–H and O–H groups in total. The van der Waals surface area contributed by atoms with Gasteiger partial charge in [0.25, 0.3) is 0 Å². The molecule has 0 bridgehead atoms. The summed E-state index contributed by atoms with van der Waals surface area (Å²) in [5.41, 5.74) is 0.160.